The molecule has 4 rings (SSSR count). The number of fused-ring (bicyclic) bond motifs is 1. The van der Waals surface area contributed by atoms with E-state index < -0.39 is 19.9 Å². The highest BCUT2D eigenvalue weighted by Gasteiger charge is 2.31. The molecule has 31 heavy (non-hydrogen) atoms. The number of sulfone groups is 1. The van der Waals surface area contributed by atoms with Crippen LogP contribution in [0.3, 0.4) is 0 Å². The van der Waals surface area contributed by atoms with Gasteiger partial charge in [-0.15, -0.1) is 0 Å². The maximum absolute atomic E-state index is 12.8. The van der Waals surface area contributed by atoms with Gasteiger partial charge >= 0.3 is 0 Å². The van der Waals surface area contributed by atoms with Crippen LogP contribution in [0.15, 0.2) is 63.3 Å². The number of carbonyl (C=O) groups is 1. The van der Waals surface area contributed by atoms with E-state index in [0.717, 1.165) is 12.8 Å². The molecule has 0 aromatic heterocycles. The van der Waals surface area contributed by atoms with Crippen LogP contribution < -0.4 is 10.0 Å². The standard InChI is InChI=1S/C21H23N3O5S2/c25-20(12-13-22-21-18-10-3-4-11-19(18)31(28,29)24-21)23-15-6-5-9-17(14-15)30(26,27)16-7-1-2-8-16/h3-6,9-11,14,16H,1-2,7-8,12-13H2,(H,22,24)(H,23,25). The van der Waals surface area contributed by atoms with Crippen LogP contribution in [-0.4, -0.2) is 40.4 Å². The Bertz CT molecular complexity index is 1250. The summed E-state index contributed by atoms with van der Waals surface area (Å²) in [4.78, 5) is 16.9. The van der Waals surface area contributed by atoms with Crippen LogP contribution in [0.25, 0.3) is 0 Å². The molecule has 10 heteroatoms. The summed E-state index contributed by atoms with van der Waals surface area (Å²) in [5.41, 5.74) is 0.886. The Morgan fingerprint density at radius 2 is 1.84 bits per heavy atom. The van der Waals surface area contributed by atoms with Gasteiger partial charge in [-0.2, -0.15) is 0 Å². The number of aliphatic imine (C=N–C) groups is 1. The van der Waals surface area contributed by atoms with Crippen molar-refractivity contribution in [3.8, 4) is 0 Å². The molecule has 2 N–H and O–H groups in total. The fraction of sp³-hybridized carbons (Fsp3) is 0.333. The molecule has 0 saturated heterocycles. The fourth-order valence-corrected chi connectivity index (χ4v) is 7.04. The van der Waals surface area contributed by atoms with E-state index in [4.69, 9.17) is 0 Å². The van der Waals surface area contributed by atoms with Gasteiger partial charge in [0.1, 0.15) is 5.84 Å². The van der Waals surface area contributed by atoms with Crippen molar-refractivity contribution >= 4 is 37.3 Å². The monoisotopic (exact) mass is 461 g/mol. The first-order valence-corrected chi connectivity index (χ1v) is 13.1. The third kappa shape index (κ3) is 4.49. The summed E-state index contributed by atoms with van der Waals surface area (Å²) in [6.07, 6.45) is 3.21. The Hall–Kier alpha value is -2.72. The quantitative estimate of drug-likeness (QED) is 0.684. The SMILES string of the molecule is O=C(CCN=C1NS(=O)(=O)c2ccccc21)Nc1cccc(S(=O)(=O)C2CCCC2)c1. The first-order valence-electron chi connectivity index (χ1n) is 10.1. The van der Waals surface area contributed by atoms with E-state index in [0.29, 0.717) is 24.1 Å². The highest BCUT2D eigenvalue weighted by atomic mass is 32.2. The molecule has 2 aromatic rings. The number of amidine groups is 1. The molecule has 0 radical (unpaired) electrons. The molecule has 0 bridgehead atoms. The van der Waals surface area contributed by atoms with E-state index in [9.17, 15) is 21.6 Å². The van der Waals surface area contributed by atoms with Crippen molar-refractivity contribution in [3.63, 3.8) is 0 Å². The highest BCUT2D eigenvalue weighted by Crippen LogP contribution is 2.30. The largest absolute Gasteiger partial charge is 0.326 e. The van der Waals surface area contributed by atoms with E-state index in [1.165, 1.54) is 12.1 Å². The van der Waals surface area contributed by atoms with E-state index >= 15 is 0 Å². The summed E-state index contributed by atoms with van der Waals surface area (Å²) in [5, 5.41) is 2.34. The molecule has 1 aliphatic heterocycles. The number of sulfonamides is 1. The van der Waals surface area contributed by atoms with Gasteiger partial charge in [0.2, 0.25) is 5.91 Å². The lowest BCUT2D eigenvalue weighted by Crippen LogP contribution is -2.23. The average molecular weight is 462 g/mol. The molecule has 8 nitrogen and oxygen atoms in total. The fourth-order valence-electron chi connectivity index (χ4n) is 3.89. The lowest BCUT2D eigenvalue weighted by atomic mass is 10.2. The van der Waals surface area contributed by atoms with Crippen LogP contribution in [-0.2, 0) is 24.7 Å². The Labute approximate surface area is 181 Å². The number of carbonyl (C=O) groups excluding carboxylic acids is 1. The molecule has 1 heterocycles. The number of anilines is 1. The van der Waals surface area contributed by atoms with Crippen LogP contribution >= 0.6 is 0 Å². The Morgan fingerprint density at radius 3 is 2.61 bits per heavy atom. The minimum atomic E-state index is -3.62. The van der Waals surface area contributed by atoms with Crippen LogP contribution in [0.1, 0.15) is 37.7 Å². The van der Waals surface area contributed by atoms with Gasteiger partial charge in [-0.3, -0.25) is 14.5 Å². The van der Waals surface area contributed by atoms with Crippen molar-refractivity contribution in [1.82, 2.24) is 4.72 Å². The lowest BCUT2D eigenvalue weighted by Gasteiger charge is -2.12. The van der Waals surface area contributed by atoms with Gasteiger partial charge in [-0.05, 0) is 43.2 Å². The van der Waals surface area contributed by atoms with Gasteiger partial charge in [-0.1, -0.05) is 31.0 Å². The zero-order chi connectivity index (χ0) is 22.1. The minimum absolute atomic E-state index is 0.0208. The zero-order valence-electron chi connectivity index (χ0n) is 16.7. The second-order valence-corrected chi connectivity index (χ2v) is 11.5. The molecule has 1 saturated carbocycles. The molecular weight excluding hydrogens is 438 g/mol. The molecule has 0 spiro atoms. The molecular formula is C21H23N3O5S2. The lowest BCUT2D eigenvalue weighted by molar-refractivity contribution is -0.116. The Morgan fingerprint density at radius 1 is 1.10 bits per heavy atom. The summed E-state index contributed by atoms with van der Waals surface area (Å²) < 4.78 is 52.1. The number of nitrogens with zero attached hydrogens (tertiary/aromatic N) is 1. The second kappa shape index (κ2) is 8.43. The predicted molar refractivity (Wildman–Crippen MR) is 117 cm³/mol. The predicted octanol–water partition coefficient (Wildman–Crippen LogP) is 2.47. The molecule has 1 amide bonds. The van der Waals surface area contributed by atoms with E-state index in [2.05, 4.69) is 15.0 Å². The average Bonchev–Trinajstić information content (AvgIpc) is 3.36. The number of hydrogen-bond donors (Lipinski definition) is 2. The molecule has 1 fully saturated rings. The maximum atomic E-state index is 12.8. The summed E-state index contributed by atoms with van der Waals surface area (Å²) in [6, 6.07) is 12.8. The van der Waals surface area contributed by atoms with E-state index in [1.807, 2.05) is 0 Å². The highest BCUT2D eigenvalue weighted by molar-refractivity contribution is 7.92. The van der Waals surface area contributed by atoms with Crippen molar-refractivity contribution in [2.45, 2.75) is 47.1 Å². The summed E-state index contributed by atoms with van der Waals surface area (Å²) in [6.45, 7) is 0.0814. The van der Waals surface area contributed by atoms with E-state index in [1.54, 1.807) is 36.4 Å². The van der Waals surface area contributed by atoms with Gasteiger partial charge in [-0.25, -0.2) is 16.8 Å². The smallest absolute Gasteiger partial charge is 0.263 e. The van der Waals surface area contributed by atoms with Crippen LogP contribution in [0.2, 0.25) is 0 Å². The van der Waals surface area contributed by atoms with Gasteiger partial charge in [0, 0.05) is 17.7 Å². The van der Waals surface area contributed by atoms with Crippen LogP contribution in [0, 0.1) is 0 Å². The first kappa shape index (κ1) is 21.5. The van der Waals surface area contributed by atoms with Crippen LogP contribution in [0.4, 0.5) is 5.69 Å². The maximum Gasteiger partial charge on any atom is 0.263 e. The van der Waals surface area contributed by atoms with Gasteiger partial charge < -0.3 is 5.32 Å². The summed E-state index contributed by atoms with van der Waals surface area (Å²) in [7, 11) is -7.02. The van der Waals surface area contributed by atoms with Gasteiger partial charge in [0.05, 0.1) is 21.6 Å². The summed E-state index contributed by atoms with van der Waals surface area (Å²) >= 11 is 0. The van der Waals surface area contributed by atoms with Crippen molar-refractivity contribution in [2.24, 2.45) is 4.99 Å². The zero-order valence-corrected chi connectivity index (χ0v) is 18.4. The molecule has 2 aliphatic rings. The minimum Gasteiger partial charge on any atom is -0.326 e. The Kier molecular flexibility index (Phi) is 5.85. The number of benzene rings is 2. The van der Waals surface area contributed by atoms with E-state index in [-0.39, 0.29) is 39.7 Å². The molecule has 1 aliphatic carbocycles. The Balaban J connectivity index is 1.40. The molecule has 2 aromatic carbocycles. The van der Waals surface area contributed by atoms with Crippen molar-refractivity contribution in [2.75, 3.05) is 11.9 Å². The molecule has 164 valence electrons. The first-order chi connectivity index (χ1) is 14.8. The number of hydrogen-bond acceptors (Lipinski definition) is 6. The number of amides is 1. The third-order valence-electron chi connectivity index (χ3n) is 5.46. The van der Waals surface area contributed by atoms with Crippen molar-refractivity contribution in [1.29, 1.82) is 0 Å². The molecule has 0 atom stereocenters. The number of nitrogens with one attached hydrogen (secondary N) is 2. The summed E-state index contributed by atoms with van der Waals surface area (Å²) in [5.74, 6) is -0.123. The van der Waals surface area contributed by atoms with Crippen LogP contribution in [0.5, 0.6) is 0 Å². The number of rotatable bonds is 6. The van der Waals surface area contributed by atoms with Crippen molar-refractivity contribution in [3.05, 3.63) is 54.1 Å². The topological polar surface area (TPSA) is 122 Å². The van der Waals surface area contributed by atoms with Crippen molar-refractivity contribution < 1.29 is 21.6 Å². The third-order valence-corrected chi connectivity index (χ3v) is 9.12. The van der Waals surface area contributed by atoms with Gasteiger partial charge in [0.25, 0.3) is 10.0 Å². The van der Waals surface area contributed by atoms with Gasteiger partial charge in [0.15, 0.2) is 9.84 Å². The second-order valence-electron chi connectivity index (χ2n) is 7.61. The normalized spacial score (nSPS) is 19.2. The molecule has 0 unspecified atom stereocenters.